The van der Waals surface area contributed by atoms with E-state index in [1.165, 1.54) is 19.1 Å². The molecule has 1 N–H and O–H groups in total. The molecule has 0 heterocycles. The second kappa shape index (κ2) is 7.88. The SMILES string of the molecule is CC(=O)c1ccc(NC(=O)[C@H](C)Oc2cc(Cl)c(Cl)cc2Cl)cc1. The quantitative estimate of drug-likeness (QED) is 0.563. The first-order chi connectivity index (χ1) is 11.3. The predicted octanol–water partition coefficient (Wildman–Crippen LogP) is 5.26. The topological polar surface area (TPSA) is 55.4 Å². The third kappa shape index (κ3) is 4.63. The summed E-state index contributed by atoms with van der Waals surface area (Å²) in [7, 11) is 0. The molecule has 0 aliphatic heterocycles. The van der Waals surface area contributed by atoms with Gasteiger partial charge in [-0.3, -0.25) is 9.59 Å². The van der Waals surface area contributed by atoms with Crippen LogP contribution in [0.3, 0.4) is 0 Å². The maximum absolute atomic E-state index is 12.2. The molecule has 0 saturated heterocycles. The molecule has 2 aromatic carbocycles. The summed E-state index contributed by atoms with van der Waals surface area (Å²) in [5.41, 5.74) is 1.13. The van der Waals surface area contributed by atoms with E-state index in [4.69, 9.17) is 39.5 Å². The van der Waals surface area contributed by atoms with Crippen molar-refractivity contribution in [1.82, 2.24) is 0 Å². The van der Waals surface area contributed by atoms with Crippen LogP contribution in [0.5, 0.6) is 5.75 Å². The number of hydrogen-bond acceptors (Lipinski definition) is 3. The summed E-state index contributed by atoms with van der Waals surface area (Å²) >= 11 is 17.8. The number of nitrogens with one attached hydrogen (secondary N) is 1. The summed E-state index contributed by atoms with van der Waals surface area (Å²) in [4.78, 5) is 23.4. The van der Waals surface area contributed by atoms with Crippen molar-refractivity contribution in [3.8, 4) is 5.75 Å². The second-order valence-corrected chi connectivity index (χ2v) is 6.30. The van der Waals surface area contributed by atoms with E-state index in [0.29, 0.717) is 16.3 Å². The molecular formula is C17H14Cl3NO3. The summed E-state index contributed by atoms with van der Waals surface area (Å²) < 4.78 is 5.54. The normalized spacial score (nSPS) is 11.7. The zero-order chi connectivity index (χ0) is 17.9. The monoisotopic (exact) mass is 385 g/mol. The van der Waals surface area contributed by atoms with Crippen LogP contribution in [0.2, 0.25) is 15.1 Å². The molecule has 0 aliphatic carbocycles. The second-order valence-electron chi connectivity index (χ2n) is 5.08. The summed E-state index contributed by atoms with van der Waals surface area (Å²) in [5, 5.41) is 3.54. The molecule has 0 fully saturated rings. The molecule has 2 aromatic rings. The molecule has 4 nitrogen and oxygen atoms in total. The minimum absolute atomic E-state index is 0.0427. The lowest BCUT2D eigenvalue weighted by molar-refractivity contribution is -0.122. The van der Waals surface area contributed by atoms with Crippen LogP contribution in [0.1, 0.15) is 24.2 Å². The molecule has 1 amide bonds. The van der Waals surface area contributed by atoms with Crippen molar-refractivity contribution in [2.24, 2.45) is 0 Å². The van der Waals surface area contributed by atoms with Crippen LogP contribution < -0.4 is 10.1 Å². The number of hydrogen-bond donors (Lipinski definition) is 1. The van der Waals surface area contributed by atoms with Crippen LogP contribution in [0.4, 0.5) is 5.69 Å². The fraction of sp³-hybridized carbons (Fsp3) is 0.176. The Bertz CT molecular complexity index is 775. The van der Waals surface area contributed by atoms with Crippen LogP contribution in [-0.4, -0.2) is 17.8 Å². The van der Waals surface area contributed by atoms with Crippen LogP contribution in [0, 0.1) is 0 Å². The standard InChI is InChI=1S/C17H14Cl3NO3/c1-9(22)11-3-5-12(6-4-11)21-17(23)10(2)24-16-8-14(19)13(18)7-15(16)20/h3-8,10H,1-2H3,(H,21,23)/t10-/m0/s1. The Morgan fingerprint density at radius 2 is 1.58 bits per heavy atom. The molecule has 0 aromatic heterocycles. The summed E-state index contributed by atoms with van der Waals surface area (Å²) in [6.07, 6.45) is -0.813. The predicted molar refractivity (Wildman–Crippen MR) is 96.6 cm³/mol. The highest BCUT2D eigenvalue weighted by molar-refractivity contribution is 6.43. The van der Waals surface area contributed by atoms with Gasteiger partial charge in [0.15, 0.2) is 11.9 Å². The smallest absolute Gasteiger partial charge is 0.265 e. The van der Waals surface area contributed by atoms with E-state index in [1.807, 2.05) is 0 Å². The first-order valence-electron chi connectivity index (χ1n) is 7.01. The molecule has 7 heteroatoms. The van der Waals surface area contributed by atoms with Crippen LogP contribution >= 0.6 is 34.8 Å². The lowest BCUT2D eigenvalue weighted by atomic mass is 10.1. The van der Waals surface area contributed by atoms with Crippen molar-refractivity contribution < 1.29 is 14.3 Å². The Labute approximate surface area is 154 Å². The van der Waals surface area contributed by atoms with E-state index in [2.05, 4.69) is 5.32 Å². The molecule has 0 radical (unpaired) electrons. The van der Waals surface area contributed by atoms with Crippen molar-refractivity contribution in [3.63, 3.8) is 0 Å². The average Bonchev–Trinajstić information content (AvgIpc) is 2.53. The van der Waals surface area contributed by atoms with Crippen molar-refractivity contribution in [1.29, 1.82) is 0 Å². The van der Waals surface area contributed by atoms with Crippen LogP contribution in [-0.2, 0) is 4.79 Å². The van der Waals surface area contributed by atoms with Gasteiger partial charge in [-0.25, -0.2) is 0 Å². The Morgan fingerprint density at radius 3 is 2.17 bits per heavy atom. The molecule has 0 unspecified atom stereocenters. The summed E-state index contributed by atoms with van der Waals surface area (Å²) in [6.45, 7) is 3.06. The Kier molecular flexibility index (Phi) is 6.10. The molecule has 0 spiro atoms. The van der Waals surface area contributed by atoms with Gasteiger partial charge in [0.2, 0.25) is 0 Å². The van der Waals surface area contributed by atoms with Crippen molar-refractivity contribution >= 4 is 52.2 Å². The number of rotatable bonds is 5. The van der Waals surface area contributed by atoms with Gasteiger partial charge in [0.25, 0.3) is 5.91 Å². The number of halogens is 3. The molecular weight excluding hydrogens is 373 g/mol. The first kappa shape index (κ1) is 18.6. The number of carbonyl (C=O) groups excluding carboxylic acids is 2. The molecule has 24 heavy (non-hydrogen) atoms. The number of Topliss-reactive ketones (excluding diaryl/α,β-unsaturated/α-hetero) is 1. The third-order valence-corrected chi connectivity index (χ3v) is 4.22. The van der Waals surface area contributed by atoms with E-state index < -0.39 is 6.10 Å². The Hall–Kier alpha value is -1.75. The average molecular weight is 387 g/mol. The Morgan fingerprint density at radius 1 is 1.00 bits per heavy atom. The van der Waals surface area contributed by atoms with E-state index >= 15 is 0 Å². The fourth-order valence-electron chi connectivity index (χ4n) is 1.87. The van der Waals surface area contributed by atoms with Gasteiger partial charge in [0.05, 0.1) is 15.1 Å². The highest BCUT2D eigenvalue weighted by Gasteiger charge is 2.17. The van der Waals surface area contributed by atoms with Crippen LogP contribution in [0.15, 0.2) is 36.4 Å². The highest BCUT2D eigenvalue weighted by Crippen LogP contribution is 2.34. The van der Waals surface area contributed by atoms with E-state index in [-0.39, 0.29) is 27.5 Å². The van der Waals surface area contributed by atoms with E-state index in [9.17, 15) is 9.59 Å². The fourth-order valence-corrected chi connectivity index (χ4v) is 2.45. The maximum Gasteiger partial charge on any atom is 0.265 e. The number of carbonyl (C=O) groups is 2. The zero-order valence-electron chi connectivity index (χ0n) is 12.9. The van der Waals surface area contributed by atoms with Gasteiger partial charge in [-0.1, -0.05) is 34.8 Å². The lowest BCUT2D eigenvalue weighted by Gasteiger charge is -2.16. The zero-order valence-corrected chi connectivity index (χ0v) is 15.2. The number of ketones is 1. The number of benzene rings is 2. The summed E-state index contributed by atoms with van der Waals surface area (Å²) in [6, 6.07) is 9.48. The number of amides is 1. The van der Waals surface area contributed by atoms with Crippen molar-refractivity contribution in [2.45, 2.75) is 20.0 Å². The molecule has 2 rings (SSSR count). The van der Waals surface area contributed by atoms with E-state index in [0.717, 1.165) is 0 Å². The number of anilines is 1. The maximum atomic E-state index is 12.2. The van der Waals surface area contributed by atoms with Gasteiger partial charge >= 0.3 is 0 Å². The largest absolute Gasteiger partial charge is 0.479 e. The molecule has 0 saturated carbocycles. The Balaban J connectivity index is 2.04. The first-order valence-corrected chi connectivity index (χ1v) is 8.14. The minimum atomic E-state index is -0.813. The molecule has 0 aliphatic rings. The van der Waals surface area contributed by atoms with Gasteiger partial charge < -0.3 is 10.1 Å². The number of ether oxygens (including phenoxy) is 1. The molecule has 126 valence electrons. The third-order valence-electron chi connectivity index (χ3n) is 3.21. The van der Waals surface area contributed by atoms with Gasteiger partial charge in [0.1, 0.15) is 5.75 Å². The molecule has 0 bridgehead atoms. The van der Waals surface area contributed by atoms with Gasteiger partial charge in [-0.05, 0) is 44.2 Å². The minimum Gasteiger partial charge on any atom is -0.479 e. The highest BCUT2D eigenvalue weighted by atomic mass is 35.5. The van der Waals surface area contributed by atoms with E-state index in [1.54, 1.807) is 31.2 Å². The lowest BCUT2D eigenvalue weighted by Crippen LogP contribution is -2.30. The van der Waals surface area contributed by atoms with Gasteiger partial charge in [-0.2, -0.15) is 0 Å². The summed E-state index contributed by atoms with van der Waals surface area (Å²) in [5.74, 6) is -0.146. The van der Waals surface area contributed by atoms with Crippen LogP contribution in [0.25, 0.3) is 0 Å². The van der Waals surface area contributed by atoms with Gasteiger partial charge in [0, 0.05) is 17.3 Å². The molecule has 1 atom stereocenters. The van der Waals surface area contributed by atoms with Gasteiger partial charge in [-0.15, -0.1) is 0 Å². The van der Waals surface area contributed by atoms with Crippen molar-refractivity contribution in [2.75, 3.05) is 5.32 Å². The van der Waals surface area contributed by atoms with Crippen molar-refractivity contribution in [3.05, 3.63) is 57.0 Å².